The number of aromatic nitrogens is 2. The minimum absolute atomic E-state index is 0.346. The van der Waals surface area contributed by atoms with Crippen molar-refractivity contribution < 1.29 is 5.11 Å². The summed E-state index contributed by atoms with van der Waals surface area (Å²) in [5, 5.41) is 16.1. The summed E-state index contributed by atoms with van der Waals surface area (Å²) in [6, 6.07) is 13.1. The lowest BCUT2D eigenvalue weighted by Crippen LogP contribution is -2.37. The lowest BCUT2D eigenvalue weighted by atomic mass is 9.90. The van der Waals surface area contributed by atoms with E-state index in [9.17, 15) is 5.11 Å². The van der Waals surface area contributed by atoms with Gasteiger partial charge in [0.1, 0.15) is 11.4 Å². The molecule has 2 aliphatic rings. The van der Waals surface area contributed by atoms with Crippen LogP contribution in [0.25, 0.3) is 11.0 Å². The molecule has 0 bridgehead atoms. The lowest BCUT2D eigenvalue weighted by Gasteiger charge is -2.33. The van der Waals surface area contributed by atoms with E-state index in [2.05, 4.69) is 22.0 Å². The lowest BCUT2D eigenvalue weighted by molar-refractivity contribution is 0.0620. The first kappa shape index (κ1) is 22.2. The highest BCUT2D eigenvalue weighted by Gasteiger charge is 2.31. The first-order chi connectivity index (χ1) is 15.3. The molecule has 1 heterocycles. The molecule has 0 aliphatic heterocycles. The summed E-state index contributed by atoms with van der Waals surface area (Å²) in [6.07, 6.45) is 6.69. The molecule has 2 aromatic carbocycles. The third-order valence-electron chi connectivity index (χ3n) is 7.14. The van der Waals surface area contributed by atoms with Crippen molar-refractivity contribution in [3.05, 3.63) is 63.4 Å². The van der Waals surface area contributed by atoms with Crippen LogP contribution >= 0.6 is 23.2 Å². The number of nitrogens with one attached hydrogen (secondary N) is 1. The van der Waals surface area contributed by atoms with E-state index in [0.29, 0.717) is 23.0 Å². The van der Waals surface area contributed by atoms with Gasteiger partial charge in [0.2, 0.25) is 0 Å². The third-order valence-corrected chi connectivity index (χ3v) is 7.61. The number of imidazole rings is 1. The molecule has 0 amide bonds. The Labute approximate surface area is 199 Å². The minimum atomic E-state index is -0.999. The molecule has 6 heteroatoms. The number of hydrogen-bond donors (Lipinski definition) is 2. The third kappa shape index (κ3) is 4.43. The van der Waals surface area contributed by atoms with Crippen molar-refractivity contribution in [2.45, 2.75) is 70.1 Å². The molecule has 0 saturated heterocycles. The van der Waals surface area contributed by atoms with Crippen molar-refractivity contribution in [3.8, 4) is 0 Å². The standard InChI is InChI=1S/C26H31Cl2N3O/c1-26(2,32)25-30-23-14-20(28)5-10-24(23)31(25)22-8-6-21(7-9-22)29-15-16-11-17-3-4-19(27)13-18(17)12-16/h3-5,10,13-14,16,21-22,29,32H,6-9,11-12,15H2,1-2H3. The van der Waals surface area contributed by atoms with Gasteiger partial charge in [-0.05, 0) is 106 Å². The molecule has 1 saturated carbocycles. The van der Waals surface area contributed by atoms with Gasteiger partial charge in [-0.3, -0.25) is 0 Å². The van der Waals surface area contributed by atoms with Crippen molar-refractivity contribution in [1.82, 2.24) is 14.9 Å². The monoisotopic (exact) mass is 471 g/mol. The largest absolute Gasteiger partial charge is 0.383 e. The van der Waals surface area contributed by atoms with Crippen LogP contribution in [0.4, 0.5) is 0 Å². The molecule has 0 spiro atoms. The van der Waals surface area contributed by atoms with Crippen LogP contribution in [0.3, 0.4) is 0 Å². The first-order valence-corrected chi connectivity index (χ1v) is 12.4. The number of rotatable bonds is 5. The zero-order chi connectivity index (χ0) is 22.5. The van der Waals surface area contributed by atoms with Crippen LogP contribution in [0.15, 0.2) is 36.4 Å². The summed E-state index contributed by atoms with van der Waals surface area (Å²) in [4.78, 5) is 4.76. The molecule has 2 aliphatic carbocycles. The zero-order valence-corrected chi connectivity index (χ0v) is 20.3. The smallest absolute Gasteiger partial charge is 0.141 e. The van der Waals surface area contributed by atoms with Crippen LogP contribution in [-0.2, 0) is 18.4 Å². The quantitative estimate of drug-likeness (QED) is 0.475. The first-order valence-electron chi connectivity index (χ1n) is 11.7. The van der Waals surface area contributed by atoms with Gasteiger partial charge in [-0.15, -0.1) is 0 Å². The number of aliphatic hydroxyl groups is 1. The molecule has 32 heavy (non-hydrogen) atoms. The molecule has 3 aromatic rings. The molecule has 5 rings (SSSR count). The fourth-order valence-electron chi connectivity index (χ4n) is 5.57. The summed E-state index contributed by atoms with van der Waals surface area (Å²) in [6.45, 7) is 4.68. The summed E-state index contributed by atoms with van der Waals surface area (Å²) in [5.74, 6) is 1.39. The Bertz CT molecular complexity index is 1130. The number of benzene rings is 2. The summed E-state index contributed by atoms with van der Waals surface area (Å²) in [7, 11) is 0. The second-order valence-corrected chi connectivity index (χ2v) is 11.0. The van der Waals surface area contributed by atoms with Crippen molar-refractivity contribution in [2.75, 3.05) is 6.54 Å². The van der Waals surface area contributed by atoms with Gasteiger partial charge in [-0.2, -0.15) is 0 Å². The van der Waals surface area contributed by atoms with E-state index >= 15 is 0 Å². The Morgan fingerprint density at radius 3 is 2.44 bits per heavy atom. The maximum Gasteiger partial charge on any atom is 0.141 e. The van der Waals surface area contributed by atoms with E-state index < -0.39 is 5.60 Å². The molecule has 170 valence electrons. The molecule has 0 radical (unpaired) electrons. The van der Waals surface area contributed by atoms with Crippen LogP contribution < -0.4 is 5.32 Å². The second kappa shape index (κ2) is 8.64. The molecular weight excluding hydrogens is 441 g/mol. The highest BCUT2D eigenvalue weighted by Crippen LogP contribution is 2.37. The Morgan fingerprint density at radius 2 is 1.69 bits per heavy atom. The number of hydrogen-bond acceptors (Lipinski definition) is 3. The van der Waals surface area contributed by atoms with Gasteiger partial charge in [0, 0.05) is 22.1 Å². The summed E-state index contributed by atoms with van der Waals surface area (Å²) in [5.41, 5.74) is 3.79. The van der Waals surface area contributed by atoms with Crippen molar-refractivity contribution in [2.24, 2.45) is 5.92 Å². The van der Waals surface area contributed by atoms with Crippen LogP contribution in [0, 0.1) is 5.92 Å². The Balaban J connectivity index is 1.23. The minimum Gasteiger partial charge on any atom is -0.383 e. The van der Waals surface area contributed by atoms with Crippen LogP contribution in [-0.4, -0.2) is 27.2 Å². The number of halogens is 2. The molecule has 2 N–H and O–H groups in total. The molecule has 1 atom stereocenters. The Hall–Kier alpha value is -1.59. The van der Waals surface area contributed by atoms with Crippen molar-refractivity contribution >= 4 is 34.2 Å². The predicted octanol–water partition coefficient (Wildman–Crippen LogP) is 6.06. The van der Waals surface area contributed by atoms with E-state index in [1.54, 1.807) is 0 Å². The van der Waals surface area contributed by atoms with E-state index in [0.717, 1.165) is 67.0 Å². The fraction of sp³-hybridized carbons (Fsp3) is 0.500. The Kier molecular flexibility index (Phi) is 6.00. The van der Waals surface area contributed by atoms with Gasteiger partial charge in [-0.25, -0.2) is 4.98 Å². The summed E-state index contributed by atoms with van der Waals surface area (Å²) < 4.78 is 2.26. The van der Waals surface area contributed by atoms with E-state index in [-0.39, 0.29) is 0 Å². The maximum absolute atomic E-state index is 10.8. The van der Waals surface area contributed by atoms with Crippen molar-refractivity contribution in [1.29, 1.82) is 0 Å². The highest BCUT2D eigenvalue weighted by atomic mass is 35.5. The molecule has 1 aromatic heterocycles. The molecule has 1 fully saturated rings. The Morgan fingerprint density at radius 1 is 1.00 bits per heavy atom. The predicted molar refractivity (Wildman–Crippen MR) is 132 cm³/mol. The van der Waals surface area contributed by atoms with Gasteiger partial charge in [0.25, 0.3) is 0 Å². The molecular formula is C26H31Cl2N3O. The molecule has 4 nitrogen and oxygen atoms in total. The van der Waals surface area contributed by atoms with Crippen LogP contribution in [0.5, 0.6) is 0 Å². The normalized spacial score (nSPS) is 23.6. The van der Waals surface area contributed by atoms with Gasteiger partial charge in [0.05, 0.1) is 11.0 Å². The van der Waals surface area contributed by atoms with E-state index in [1.165, 1.54) is 11.1 Å². The van der Waals surface area contributed by atoms with E-state index in [1.807, 2.05) is 38.1 Å². The second-order valence-electron chi connectivity index (χ2n) is 10.1. The average Bonchev–Trinajstić information content (AvgIpc) is 3.33. The maximum atomic E-state index is 10.8. The number of fused-ring (bicyclic) bond motifs is 2. The molecule has 1 unspecified atom stereocenters. The van der Waals surface area contributed by atoms with Crippen LogP contribution in [0.2, 0.25) is 10.0 Å². The van der Waals surface area contributed by atoms with Gasteiger partial charge in [0.15, 0.2) is 0 Å². The SMILES string of the molecule is CC(C)(O)c1nc2cc(Cl)ccc2n1C1CCC(NCC2Cc3ccc(Cl)cc3C2)CC1. The van der Waals surface area contributed by atoms with Crippen molar-refractivity contribution in [3.63, 3.8) is 0 Å². The summed E-state index contributed by atoms with van der Waals surface area (Å²) >= 11 is 12.4. The van der Waals surface area contributed by atoms with Gasteiger partial charge < -0.3 is 15.0 Å². The van der Waals surface area contributed by atoms with Gasteiger partial charge in [-0.1, -0.05) is 29.3 Å². The van der Waals surface area contributed by atoms with E-state index in [4.69, 9.17) is 28.2 Å². The fourth-order valence-corrected chi connectivity index (χ4v) is 5.93. The van der Waals surface area contributed by atoms with Crippen LogP contribution in [0.1, 0.15) is 62.5 Å². The average molecular weight is 472 g/mol. The number of nitrogens with zero attached hydrogens (tertiary/aromatic N) is 2. The topological polar surface area (TPSA) is 50.1 Å². The zero-order valence-electron chi connectivity index (χ0n) is 18.7. The highest BCUT2D eigenvalue weighted by molar-refractivity contribution is 6.31. The van der Waals surface area contributed by atoms with Gasteiger partial charge >= 0.3 is 0 Å².